The first kappa shape index (κ1) is 9.47. The largest absolute Gasteiger partial charge is 0.391 e. The molecule has 4 atom stereocenters. The Balaban J connectivity index is 1.97. The van der Waals surface area contributed by atoms with Crippen molar-refractivity contribution in [2.45, 2.75) is 70.2 Å². The molecule has 2 heteroatoms. The van der Waals surface area contributed by atoms with E-state index in [1.165, 1.54) is 25.7 Å². The lowest BCUT2D eigenvalue weighted by Gasteiger charge is -2.52. The van der Waals surface area contributed by atoms with Crippen LogP contribution in [0.5, 0.6) is 0 Å². The number of hydrogen-bond donors (Lipinski definition) is 1. The molecule has 0 spiro atoms. The van der Waals surface area contributed by atoms with E-state index < -0.39 is 0 Å². The van der Waals surface area contributed by atoms with Crippen molar-refractivity contribution in [1.82, 2.24) is 4.90 Å². The Morgan fingerprint density at radius 3 is 2.23 bits per heavy atom. The summed E-state index contributed by atoms with van der Waals surface area (Å²) in [7, 11) is 0. The Kier molecular flexibility index (Phi) is 2.61. The summed E-state index contributed by atoms with van der Waals surface area (Å²) in [6, 6.07) is 1.87. The summed E-state index contributed by atoms with van der Waals surface area (Å²) in [6.45, 7) is 4.56. The van der Waals surface area contributed by atoms with Gasteiger partial charge in [-0.15, -0.1) is 0 Å². The van der Waals surface area contributed by atoms with Crippen LogP contribution >= 0.6 is 0 Å². The van der Waals surface area contributed by atoms with Gasteiger partial charge in [-0.2, -0.15) is 0 Å². The molecule has 0 amide bonds. The smallest absolute Gasteiger partial charge is 0.0695 e. The molecule has 1 saturated carbocycles. The molecule has 1 aliphatic carbocycles. The zero-order valence-electron chi connectivity index (χ0n) is 8.74. The third-order valence-electron chi connectivity index (χ3n) is 3.78. The molecule has 76 valence electrons. The lowest BCUT2D eigenvalue weighted by atomic mass is 9.84. The standard InChI is InChI=1S/C11H21NO/c1-8-7-9(2)12(8)10-5-3-4-6-11(10)13/h8-11,13H,3-7H2,1-2H3. The molecule has 1 aliphatic heterocycles. The van der Waals surface area contributed by atoms with Crippen LogP contribution in [0.1, 0.15) is 46.0 Å². The van der Waals surface area contributed by atoms with Crippen LogP contribution in [0.2, 0.25) is 0 Å². The first-order valence-electron chi connectivity index (χ1n) is 5.65. The summed E-state index contributed by atoms with van der Waals surface area (Å²) in [6.07, 6.45) is 5.99. The van der Waals surface area contributed by atoms with Crippen molar-refractivity contribution in [3.63, 3.8) is 0 Å². The van der Waals surface area contributed by atoms with Gasteiger partial charge < -0.3 is 5.11 Å². The molecule has 1 N–H and O–H groups in total. The highest BCUT2D eigenvalue weighted by atomic mass is 16.3. The average Bonchev–Trinajstić information content (AvgIpc) is 2.09. The molecular weight excluding hydrogens is 162 g/mol. The molecule has 2 fully saturated rings. The van der Waals surface area contributed by atoms with Gasteiger partial charge in [0.1, 0.15) is 0 Å². The van der Waals surface area contributed by atoms with Crippen molar-refractivity contribution in [1.29, 1.82) is 0 Å². The average molecular weight is 183 g/mol. The predicted octanol–water partition coefficient (Wildman–Crippen LogP) is 1.77. The molecule has 1 heterocycles. The minimum absolute atomic E-state index is 0.0565. The molecule has 2 nitrogen and oxygen atoms in total. The van der Waals surface area contributed by atoms with Gasteiger partial charge in [0.25, 0.3) is 0 Å². The number of nitrogens with zero attached hydrogens (tertiary/aromatic N) is 1. The van der Waals surface area contributed by atoms with Crippen LogP contribution in [0.15, 0.2) is 0 Å². The van der Waals surface area contributed by atoms with Crippen LogP contribution in [0.3, 0.4) is 0 Å². The number of aliphatic hydroxyl groups is 1. The Morgan fingerprint density at radius 2 is 1.69 bits per heavy atom. The molecule has 2 rings (SSSR count). The molecule has 0 aromatic carbocycles. The highest BCUT2D eigenvalue weighted by Crippen LogP contribution is 2.34. The van der Waals surface area contributed by atoms with Gasteiger partial charge in [0.2, 0.25) is 0 Å². The van der Waals surface area contributed by atoms with Crippen molar-refractivity contribution >= 4 is 0 Å². The number of rotatable bonds is 1. The fraction of sp³-hybridized carbons (Fsp3) is 1.00. The first-order valence-corrected chi connectivity index (χ1v) is 5.65. The quantitative estimate of drug-likeness (QED) is 0.669. The van der Waals surface area contributed by atoms with Crippen molar-refractivity contribution in [2.24, 2.45) is 0 Å². The molecule has 13 heavy (non-hydrogen) atoms. The zero-order valence-corrected chi connectivity index (χ0v) is 8.74. The third kappa shape index (κ3) is 1.62. The third-order valence-corrected chi connectivity index (χ3v) is 3.78. The van der Waals surface area contributed by atoms with Gasteiger partial charge in [0.15, 0.2) is 0 Å². The molecule has 0 aromatic heterocycles. The van der Waals surface area contributed by atoms with Crippen LogP contribution in [-0.4, -0.2) is 34.2 Å². The van der Waals surface area contributed by atoms with Crippen LogP contribution in [0.25, 0.3) is 0 Å². The summed E-state index contributed by atoms with van der Waals surface area (Å²) in [5.74, 6) is 0. The van der Waals surface area contributed by atoms with Crippen LogP contribution in [0.4, 0.5) is 0 Å². The van der Waals surface area contributed by atoms with E-state index in [1.807, 2.05) is 0 Å². The Hall–Kier alpha value is -0.0800. The monoisotopic (exact) mass is 183 g/mol. The summed E-state index contributed by atoms with van der Waals surface area (Å²) >= 11 is 0. The lowest BCUT2D eigenvalue weighted by Crippen LogP contribution is -2.61. The number of likely N-dealkylation sites (tertiary alicyclic amines) is 1. The van der Waals surface area contributed by atoms with Crippen molar-refractivity contribution in [3.05, 3.63) is 0 Å². The predicted molar refractivity (Wildman–Crippen MR) is 53.6 cm³/mol. The van der Waals surface area contributed by atoms with Gasteiger partial charge >= 0.3 is 0 Å². The van der Waals surface area contributed by atoms with E-state index in [0.29, 0.717) is 18.1 Å². The maximum absolute atomic E-state index is 9.90. The second-order valence-corrected chi connectivity index (χ2v) is 4.80. The van der Waals surface area contributed by atoms with Crippen LogP contribution in [0, 0.1) is 0 Å². The Morgan fingerprint density at radius 1 is 1.08 bits per heavy atom. The normalized spacial score (nSPS) is 47.3. The highest BCUT2D eigenvalue weighted by molar-refractivity contribution is 4.95. The number of aliphatic hydroxyl groups excluding tert-OH is 1. The van der Waals surface area contributed by atoms with Gasteiger partial charge in [-0.25, -0.2) is 0 Å². The van der Waals surface area contributed by atoms with Crippen LogP contribution in [-0.2, 0) is 0 Å². The van der Waals surface area contributed by atoms with Gasteiger partial charge in [-0.3, -0.25) is 4.90 Å². The minimum Gasteiger partial charge on any atom is -0.391 e. The minimum atomic E-state index is -0.0565. The van der Waals surface area contributed by atoms with E-state index in [4.69, 9.17) is 0 Å². The summed E-state index contributed by atoms with van der Waals surface area (Å²) in [4.78, 5) is 2.52. The molecular formula is C11H21NO. The van der Waals surface area contributed by atoms with E-state index in [9.17, 15) is 5.11 Å². The van der Waals surface area contributed by atoms with Crippen molar-refractivity contribution in [2.75, 3.05) is 0 Å². The van der Waals surface area contributed by atoms with Gasteiger partial charge in [0, 0.05) is 18.1 Å². The maximum atomic E-state index is 9.90. The van der Waals surface area contributed by atoms with Crippen LogP contribution < -0.4 is 0 Å². The molecule has 1 saturated heterocycles. The molecule has 2 aliphatic rings. The van der Waals surface area contributed by atoms with Crippen molar-refractivity contribution in [3.8, 4) is 0 Å². The van der Waals surface area contributed by atoms with Gasteiger partial charge in [-0.1, -0.05) is 12.8 Å². The van der Waals surface area contributed by atoms with E-state index >= 15 is 0 Å². The zero-order chi connectivity index (χ0) is 9.42. The topological polar surface area (TPSA) is 23.5 Å². The van der Waals surface area contributed by atoms with E-state index in [-0.39, 0.29) is 6.10 Å². The van der Waals surface area contributed by atoms with E-state index in [1.54, 1.807) is 0 Å². The Bertz CT molecular complexity index is 175. The fourth-order valence-electron chi connectivity index (χ4n) is 3.13. The molecule has 0 bridgehead atoms. The lowest BCUT2D eigenvalue weighted by molar-refractivity contribution is -0.0726. The summed E-state index contributed by atoms with van der Waals surface area (Å²) in [5, 5.41) is 9.90. The first-order chi connectivity index (χ1) is 6.20. The van der Waals surface area contributed by atoms with Gasteiger partial charge in [-0.05, 0) is 33.1 Å². The van der Waals surface area contributed by atoms with Gasteiger partial charge in [0.05, 0.1) is 6.10 Å². The van der Waals surface area contributed by atoms with E-state index in [2.05, 4.69) is 18.7 Å². The number of hydrogen-bond acceptors (Lipinski definition) is 2. The maximum Gasteiger partial charge on any atom is 0.0695 e. The Labute approximate surface area is 80.9 Å². The second kappa shape index (κ2) is 3.58. The fourth-order valence-corrected chi connectivity index (χ4v) is 3.13. The molecule has 4 unspecified atom stereocenters. The highest BCUT2D eigenvalue weighted by Gasteiger charge is 2.40. The second-order valence-electron chi connectivity index (χ2n) is 4.80. The summed E-state index contributed by atoms with van der Waals surface area (Å²) in [5.41, 5.74) is 0. The van der Waals surface area contributed by atoms with E-state index in [0.717, 1.165) is 6.42 Å². The molecule has 0 aromatic rings. The van der Waals surface area contributed by atoms with Crippen molar-refractivity contribution < 1.29 is 5.11 Å². The SMILES string of the molecule is CC1CC(C)N1C1CCCCC1O. The molecule has 0 radical (unpaired) electrons. The summed E-state index contributed by atoms with van der Waals surface area (Å²) < 4.78 is 0.